The molecule has 1 aromatic rings. The first-order valence-electron chi connectivity index (χ1n) is 19.5. The summed E-state index contributed by atoms with van der Waals surface area (Å²) in [5, 5.41) is 59.1. The van der Waals surface area contributed by atoms with Crippen LogP contribution in [-0.2, 0) is 54.4 Å². The fourth-order valence-electron chi connectivity index (χ4n) is 6.91. The molecule has 0 aliphatic carbocycles. The summed E-state index contributed by atoms with van der Waals surface area (Å²) in [5.74, 6) is -11.5. The molecule has 13 N–H and O–H groups in total. The van der Waals surface area contributed by atoms with Gasteiger partial charge in [-0.2, -0.15) is 0 Å². The summed E-state index contributed by atoms with van der Waals surface area (Å²) in [4.78, 5) is 137. The number of aromatic amines is 1. The molecule has 0 spiro atoms. The maximum absolute atomic E-state index is 14.2. The minimum absolute atomic E-state index is 0.00183. The summed E-state index contributed by atoms with van der Waals surface area (Å²) in [6, 6.07) is -11.8. The number of aromatic nitrogens is 2. The lowest BCUT2D eigenvalue weighted by Gasteiger charge is -2.32. The van der Waals surface area contributed by atoms with Gasteiger partial charge in [0.1, 0.15) is 36.3 Å². The predicted molar refractivity (Wildman–Crippen MR) is 205 cm³/mol. The molecule has 2 aliphatic rings. The number of carboxylic acid groups (broad SMARTS) is 3. The van der Waals surface area contributed by atoms with E-state index in [1.165, 1.54) is 12.5 Å². The number of imidazole rings is 1. The van der Waals surface area contributed by atoms with Crippen molar-refractivity contribution < 1.29 is 73.5 Å². The van der Waals surface area contributed by atoms with Crippen LogP contribution >= 0.6 is 0 Å². The van der Waals surface area contributed by atoms with Crippen LogP contribution in [0.4, 0.5) is 0 Å². The highest BCUT2D eigenvalue weighted by Crippen LogP contribution is 2.22. The standard InChI is InChI=1S/C36H54N10O15/c1-16(2)27(43-32(56)24-7-5-9-46(24)35(59)22(14-47)42-29(53)19(37)11-25(49)50)33(57)41-21(10-18-13-38-15-39-18)34(58)45-8-4-6-23(45)31(55)40-20(12-26(51)52)30(54)44-28(17(3)48)36(60)61/h13,15-17,19-24,27-28,47-48H,4-12,14,37H2,1-3H3,(H,38,39)(H,40,55)(H,41,57)(H,42,53)(H,43,56)(H,44,54)(H,49,50)(H,51,52)(H,60,61)/t17-,19+,20+,21+,22+,23+,24+,27+,28+/m1/s1. The summed E-state index contributed by atoms with van der Waals surface area (Å²) >= 11 is 0. The van der Waals surface area contributed by atoms with E-state index in [1.54, 1.807) is 13.8 Å². The first-order chi connectivity index (χ1) is 28.7. The van der Waals surface area contributed by atoms with E-state index in [9.17, 15) is 68.4 Å². The Balaban J connectivity index is 1.79. The van der Waals surface area contributed by atoms with Crippen LogP contribution in [0, 0.1) is 5.92 Å². The number of aliphatic hydroxyl groups is 2. The largest absolute Gasteiger partial charge is 0.481 e. The Hall–Kier alpha value is -6.21. The molecule has 1 aromatic heterocycles. The number of aliphatic carboxylic acids is 3. The van der Waals surface area contributed by atoms with E-state index in [4.69, 9.17) is 10.8 Å². The number of amides is 7. The van der Waals surface area contributed by atoms with E-state index in [1.807, 2.05) is 5.32 Å². The number of nitrogens with zero attached hydrogens (tertiary/aromatic N) is 3. The highest BCUT2D eigenvalue weighted by molar-refractivity contribution is 5.99. The molecule has 7 amide bonds. The Morgan fingerprint density at radius 2 is 1.28 bits per heavy atom. The van der Waals surface area contributed by atoms with Crippen LogP contribution in [0.5, 0.6) is 0 Å². The van der Waals surface area contributed by atoms with Crippen LogP contribution < -0.4 is 32.3 Å². The molecule has 25 nitrogen and oxygen atoms in total. The molecule has 338 valence electrons. The second-order valence-electron chi connectivity index (χ2n) is 15.1. The van der Waals surface area contributed by atoms with E-state index >= 15 is 0 Å². The van der Waals surface area contributed by atoms with Gasteiger partial charge in [0.15, 0.2) is 6.04 Å². The Morgan fingerprint density at radius 3 is 1.75 bits per heavy atom. The van der Waals surface area contributed by atoms with Gasteiger partial charge in [-0.1, -0.05) is 13.8 Å². The highest BCUT2D eigenvalue weighted by atomic mass is 16.4. The average molecular weight is 867 g/mol. The van der Waals surface area contributed by atoms with Gasteiger partial charge >= 0.3 is 17.9 Å². The van der Waals surface area contributed by atoms with E-state index in [0.29, 0.717) is 12.1 Å². The van der Waals surface area contributed by atoms with Crippen LogP contribution in [0.2, 0.25) is 0 Å². The smallest absolute Gasteiger partial charge is 0.328 e. The first kappa shape index (κ1) is 49.2. The topological polar surface area (TPSA) is 393 Å². The predicted octanol–water partition coefficient (Wildman–Crippen LogP) is -5.25. The fourth-order valence-corrected chi connectivity index (χ4v) is 6.91. The zero-order chi connectivity index (χ0) is 45.7. The summed E-state index contributed by atoms with van der Waals surface area (Å²) in [6.07, 6.45) is 0.0702. The van der Waals surface area contributed by atoms with Crippen molar-refractivity contribution in [2.45, 2.75) is 120 Å². The summed E-state index contributed by atoms with van der Waals surface area (Å²) in [5.41, 5.74) is 5.97. The third-order valence-electron chi connectivity index (χ3n) is 10.1. The van der Waals surface area contributed by atoms with Crippen LogP contribution in [-0.4, -0.2) is 179 Å². The SMILES string of the molecule is CC(C)[C@H](NC(=O)[C@@H]1CCCN1C(=O)[C@H](CO)NC(=O)[C@@H](N)CC(=O)O)C(=O)N[C@@H](Cc1cnc[nH]1)C(=O)N1CCC[C@H]1C(=O)N[C@@H](CC(=O)O)C(=O)N[C@H](C(=O)O)[C@@H](C)O. The Bertz CT molecular complexity index is 1790. The number of aliphatic hydroxyl groups excluding tert-OH is 2. The highest BCUT2D eigenvalue weighted by Gasteiger charge is 2.43. The minimum Gasteiger partial charge on any atom is -0.481 e. The van der Waals surface area contributed by atoms with Crippen LogP contribution in [0.1, 0.15) is 65.0 Å². The molecule has 3 rings (SSSR count). The second-order valence-corrected chi connectivity index (χ2v) is 15.1. The number of likely N-dealkylation sites (tertiary alicyclic amines) is 2. The molecule has 2 aliphatic heterocycles. The molecule has 0 bridgehead atoms. The number of hydrogen-bond acceptors (Lipinski definition) is 14. The van der Waals surface area contributed by atoms with Crippen molar-refractivity contribution >= 4 is 59.3 Å². The zero-order valence-corrected chi connectivity index (χ0v) is 33.7. The molecule has 0 saturated carbocycles. The molecule has 0 radical (unpaired) electrons. The van der Waals surface area contributed by atoms with Gasteiger partial charge in [-0.15, -0.1) is 0 Å². The van der Waals surface area contributed by atoms with Crippen LogP contribution in [0.25, 0.3) is 0 Å². The molecule has 2 fully saturated rings. The fraction of sp³-hybridized carbons (Fsp3) is 0.639. The van der Waals surface area contributed by atoms with Crippen molar-refractivity contribution in [1.82, 2.24) is 46.4 Å². The van der Waals surface area contributed by atoms with Crippen LogP contribution in [0.3, 0.4) is 0 Å². The molecule has 61 heavy (non-hydrogen) atoms. The third-order valence-corrected chi connectivity index (χ3v) is 10.1. The van der Waals surface area contributed by atoms with Crippen molar-refractivity contribution in [3.63, 3.8) is 0 Å². The van der Waals surface area contributed by atoms with Crippen molar-refractivity contribution in [3.05, 3.63) is 18.2 Å². The second kappa shape index (κ2) is 22.4. The number of nitrogens with two attached hydrogens (primary N) is 1. The normalized spacial score (nSPS) is 19.7. The molecule has 0 unspecified atom stereocenters. The molecule has 3 heterocycles. The molecule has 0 aromatic carbocycles. The number of carbonyl (C=O) groups is 10. The number of carboxylic acids is 3. The lowest BCUT2D eigenvalue weighted by atomic mass is 10.0. The van der Waals surface area contributed by atoms with Crippen molar-refractivity contribution in [2.75, 3.05) is 19.7 Å². The van der Waals surface area contributed by atoms with Gasteiger partial charge in [0, 0.05) is 31.4 Å². The van der Waals surface area contributed by atoms with Crippen molar-refractivity contribution in [3.8, 4) is 0 Å². The van der Waals surface area contributed by atoms with Gasteiger partial charge in [-0.25, -0.2) is 9.78 Å². The Kier molecular flexibility index (Phi) is 18.1. The van der Waals surface area contributed by atoms with E-state index < -0.39 is 139 Å². The quantitative estimate of drug-likeness (QED) is 0.0518. The van der Waals surface area contributed by atoms with Crippen LogP contribution in [0.15, 0.2) is 12.5 Å². The van der Waals surface area contributed by atoms with Gasteiger partial charge in [0.25, 0.3) is 0 Å². The summed E-state index contributed by atoms with van der Waals surface area (Å²) in [7, 11) is 0. The monoisotopic (exact) mass is 866 g/mol. The number of rotatable bonds is 22. The number of nitrogens with one attached hydrogen (secondary N) is 6. The van der Waals surface area contributed by atoms with Gasteiger partial charge in [-0.05, 0) is 38.5 Å². The number of hydrogen-bond donors (Lipinski definition) is 12. The maximum Gasteiger partial charge on any atom is 0.328 e. The first-order valence-corrected chi connectivity index (χ1v) is 19.5. The minimum atomic E-state index is -1.83. The van der Waals surface area contributed by atoms with E-state index in [0.717, 1.165) is 16.7 Å². The van der Waals surface area contributed by atoms with Crippen molar-refractivity contribution in [1.29, 1.82) is 0 Å². The van der Waals surface area contributed by atoms with E-state index in [-0.39, 0.29) is 38.8 Å². The molecule has 9 atom stereocenters. The molecular weight excluding hydrogens is 812 g/mol. The van der Waals surface area contributed by atoms with Gasteiger partial charge in [0.05, 0.1) is 37.9 Å². The maximum atomic E-state index is 14.2. The lowest BCUT2D eigenvalue weighted by Crippen LogP contribution is -2.61. The van der Waals surface area contributed by atoms with Gasteiger partial charge in [0.2, 0.25) is 41.4 Å². The van der Waals surface area contributed by atoms with Gasteiger partial charge < -0.3 is 72.6 Å². The lowest BCUT2D eigenvalue weighted by molar-refractivity contribution is -0.146. The Morgan fingerprint density at radius 1 is 0.738 bits per heavy atom. The van der Waals surface area contributed by atoms with Gasteiger partial charge in [-0.3, -0.25) is 43.2 Å². The summed E-state index contributed by atoms with van der Waals surface area (Å²) in [6.45, 7) is 3.45. The Labute approximate surface area is 348 Å². The molecule has 2 saturated heterocycles. The average Bonchev–Trinajstić information content (AvgIpc) is 3.99. The third kappa shape index (κ3) is 13.7. The van der Waals surface area contributed by atoms with E-state index in [2.05, 4.69) is 31.2 Å². The molecular formula is C36H54N10O15. The zero-order valence-electron chi connectivity index (χ0n) is 33.7. The summed E-state index contributed by atoms with van der Waals surface area (Å²) < 4.78 is 0. The number of H-pyrrole nitrogens is 1. The molecule has 25 heteroatoms. The number of carbonyl (C=O) groups excluding carboxylic acids is 7. The van der Waals surface area contributed by atoms with Crippen molar-refractivity contribution in [2.24, 2.45) is 11.7 Å².